The molecule has 1 unspecified atom stereocenters. The van der Waals surface area contributed by atoms with Crippen LogP contribution in [0.15, 0.2) is 24.3 Å². The number of halogens is 1. The van der Waals surface area contributed by atoms with Crippen LogP contribution in [-0.4, -0.2) is 56.7 Å². The molecule has 0 aliphatic carbocycles. The average Bonchev–Trinajstić information content (AvgIpc) is 2.48. The van der Waals surface area contributed by atoms with Crippen molar-refractivity contribution in [2.45, 2.75) is 18.9 Å². The molecule has 23 heavy (non-hydrogen) atoms. The van der Waals surface area contributed by atoms with Crippen molar-refractivity contribution >= 4 is 15.9 Å². The first-order valence-electron chi connectivity index (χ1n) is 7.32. The molecule has 128 valence electrons. The van der Waals surface area contributed by atoms with E-state index in [1.165, 1.54) is 16.4 Å². The summed E-state index contributed by atoms with van der Waals surface area (Å²) in [5.74, 6) is -0.658. The summed E-state index contributed by atoms with van der Waals surface area (Å²) in [6, 6.07) is 6.05. The number of benzene rings is 1. The normalized spacial score (nSPS) is 22.7. The van der Waals surface area contributed by atoms with Gasteiger partial charge in [-0.1, -0.05) is 12.1 Å². The summed E-state index contributed by atoms with van der Waals surface area (Å²) in [5.41, 5.74) is -0.302. The minimum absolute atomic E-state index is 0.00574. The Morgan fingerprint density at radius 3 is 2.65 bits per heavy atom. The number of morpholine rings is 1. The van der Waals surface area contributed by atoms with Crippen LogP contribution in [0.1, 0.15) is 12.5 Å². The molecule has 1 heterocycles. The number of sulfonamides is 1. The maximum absolute atomic E-state index is 12.8. The SMILES string of the molecule is CC1(C(=O)NCCc2ccc(F)cc2)CN(S(C)(=O)=O)CCO1. The second-order valence-electron chi connectivity index (χ2n) is 5.81. The molecule has 1 fully saturated rings. The third-order valence-electron chi connectivity index (χ3n) is 3.80. The van der Waals surface area contributed by atoms with Crippen molar-refractivity contribution in [2.75, 3.05) is 32.5 Å². The molecule has 1 amide bonds. The van der Waals surface area contributed by atoms with Gasteiger partial charge in [-0.05, 0) is 31.0 Å². The van der Waals surface area contributed by atoms with E-state index in [0.717, 1.165) is 11.8 Å². The molecular formula is C15H21FN2O4S. The molecule has 1 atom stereocenters. The van der Waals surface area contributed by atoms with Gasteiger partial charge in [0.05, 0.1) is 19.4 Å². The lowest BCUT2D eigenvalue weighted by molar-refractivity contribution is -0.152. The second kappa shape index (κ2) is 6.94. The molecule has 0 saturated carbocycles. The fourth-order valence-electron chi connectivity index (χ4n) is 2.41. The van der Waals surface area contributed by atoms with Crippen molar-refractivity contribution < 1.29 is 22.3 Å². The summed E-state index contributed by atoms with van der Waals surface area (Å²) in [4.78, 5) is 12.3. The number of nitrogens with one attached hydrogen (secondary N) is 1. The number of hydrogen-bond acceptors (Lipinski definition) is 4. The predicted molar refractivity (Wildman–Crippen MR) is 83.9 cm³/mol. The van der Waals surface area contributed by atoms with E-state index in [1.54, 1.807) is 19.1 Å². The molecule has 1 aromatic carbocycles. The highest BCUT2D eigenvalue weighted by molar-refractivity contribution is 7.88. The number of hydrogen-bond donors (Lipinski definition) is 1. The van der Waals surface area contributed by atoms with Gasteiger partial charge in [0, 0.05) is 13.1 Å². The Bertz CT molecular complexity index is 663. The van der Waals surface area contributed by atoms with Crippen molar-refractivity contribution in [2.24, 2.45) is 0 Å². The number of carbonyl (C=O) groups is 1. The van der Waals surface area contributed by atoms with Crippen molar-refractivity contribution in [1.29, 1.82) is 0 Å². The Balaban J connectivity index is 1.90. The maximum Gasteiger partial charge on any atom is 0.253 e. The molecule has 6 nitrogen and oxygen atoms in total. The average molecular weight is 344 g/mol. The summed E-state index contributed by atoms with van der Waals surface area (Å²) in [5, 5.41) is 2.75. The van der Waals surface area contributed by atoms with Gasteiger partial charge in [-0.3, -0.25) is 4.79 Å². The van der Waals surface area contributed by atoms with E-state index in [1.807, 2.05) is 0 Å². The van der Waals surface area contributed by atoms with Gasteiger partial charge in [-0.15, -0.1) is 0 Å². The Morgan fingerprint density at radius 2 is 2.04 bits per heavy atom. The van der Waals surface area contributed by atoms with Crippen LogP contribution in [0.3, 0.4) is 0 Å². The molecule has 0 bridgehead atoms. The van der Waals surface area contributed by atoms with Gasteiger partial charge in [0.1, 0.15) is 5.82 Å². The van der Waals surface area contributed by atoms with Crippen molar-refractivity contribution in [3.05, 3.63) is 35.6 Å². The third kappa shape index (κ3) is 4.73. The Kier molecular flexibility index (Phi) is 5.38. The van der Waals surface area contributed by atoms with Crippen LogP contribution in [0.5, 0.6) is 0 Å². The maximum atomic E-state index is 12.8. The summed E-state index contributed by atoms with van der Waals surface area (Å²) in [6.45, 7) is 2.36. The van der Waals surface area contributed by atoms with Crippen LogP contribution in [0.25, 0.3) is 0 Å². The fourth-order valence-corrected chi connectivity index (χ4v) is 3.30. The highest BCUT2D eigenvalue weighted by Crippen LogP contribution is 2.19. The van der Waals surface area contributed by atoms with Gasteiger partial charge < -0.3 is 10.1 Å². The lowest BCUT2D eigenvalue weighted by atomic mass is 10.0. The minimum atomic E-state index is -3.36. The first-order chi connectivity index (χ1) is 10.7. The van der Waals surface area contributed by atoms with Gasteiger partial charge in [-0.25, -0.2) is 12.8 Å². The molecule has 0 radical (unpaired) electrons. The largest absolute Gasteiger partial charge is 0.363 e. The summed E-state index contributed by atoms with van der Waals surface area (Å²) < 4.78 is 42.8. The lowest BCUT2D eigenvalue weighted by Crippen LogP contribution is -2.59. The van der Waals surface area contributed by atoms with Gasteiger partial charge in [0.2, 0.25) is 10.0 Å². The van der Waals surface area contributed by atoms with Crippen LogP contribution in [0, 0.1) is 5.82 Å². The van der Waals surface area contributed by atoms with Gasteiger partial charge in [0.15, 0.2) is 5.60 Å². The topological polar surface area (TPSA) is 75.7 Å². The van der Waals surface area contributed by atoms with Crippen molar-refractivity contribution in [3.63, 3.8) is 0 Å². The monoisotopic (exact) mass is 344 g/mol. The molecule has 1 saturated heterocycles. The lowest BCUT2D eigenvalue weighted by Gasteiger charge is -2.37. The molecule has 2 rings (SSSR count). The van der Waals surface area contributed by atoms with Crippen LogP contribution < -0.4 is 5.32 Å². The van der Waals surface area contributed by atoms with Crippen LogP contribution in [0.4, 0.5) is 4.39 Å². The van der Waals surface area contributed by atoms with E-state index in [2.05, 4.69) is 5.32 Å². The number of nitrogens with zero attached hydrogens (tertiary/aromatic N) is 1. The smallest absolute Gasteiger partial charge is 0.253 e. The van der Waals surface area contributed by atoms with E-state index in [-0.39, 0.29) is 31.4 Å². The van der Waals surface area contributed by atoms with Crippen LogP contribution >= 0.6 is 0 Å². The predicted octanol–water partition coefficient (Wildman–Crippen LogP) is 0.535. The first-order valence-corrected chi connectivity index (χ1v) is 9.17. The third-order valence-corrected chi connectivity index (χ3v) is 5.05. The summed E-state index contributed by atoms with van der Waals surface area (Å²) in [6.07, 6.45) is 1.67. The number of amides is 1. The molecule has 0 aromatic heterocycles. The summed E-state index contributed by atoms with van der Waals surface area (Å²) in [7, 11) is -3.36. The first kappa shape index (κ1) is 17.8. The number of rotatable bonds is 5. The zero-order valence-electron chi connectivity index (χ0n) is 13.2. The highest BCUT2D eigenvalue weighted by atomic mass is 32.2. The Morgan fingerprint density at radius 1 is 1.39 bits per heavy atom. The standard InChI is InChI=1S/C15H21FN2O4S/c1-15(11-18(9-10-22-15)23(2,20)21)14(19)17-8-7-12-3-5-13(16)6-4-12/h3-6H,7-11H2,1-2H3,(H,17,19). The zero-order valence-corrected chi connectivity index (χ0v) is 14.0. The highest BCUT2D eigenvalue weighted by Gasteiger charge is 2.41. The molecule has 0 spiro atoms. The quantitative estimate of drug-likeness (QED) is 0.846. The van der Waals surface area contributed by atoms with Crippen molar-refractivity contribution in [3.8, 4) is 0 Å². The van der Waals surface area contributed by atoms with E-state index >= 15 is 0 Å². The number of ether oxygens (including phenoxy) is 1. The van der Waals surface area contributed by atoms with E-state index in [4.69, 9.17) is 4.74 Å². The second-order valence-corrected chi connectivity index (χ2v) is 7.79. The molecular weight excluding hydrogens is 323 g/mol. The molecule has 8 heteroatoms. The van der Waals surface area contributed by atoms with Gasteiger partial charge in [-0.2, -0.15) is 4.31 Å². The van der Waals surface area contributed by atoms with E-state index < -0.39 is 15.6 Å². The van der Waals surface area contributed by atoms with Gasteiger partial charge in [0.25, 0.3) is 5.91 Å². The van der Waals surface area contributed by atoms with E-state index in [9.17, 15) is 17.6 Å². The Labute approximate surface area is 135 Å². The van der Waals surface area contributed by atoms with E-state index in [0.29, 0.717) is 13.0 Å². The fraction of sp³-hybridized carbons (Fsp3) is 0.533. The summed E-state index contributed by atoms with van der Waals surface area (Å²) >= 11 is 0. The van der Waals surface area contributed by atoms with Crippen LogP contribution in [0.2, 0.25) is 0 Å². The molecule has 1 aromatic rings. The minimum Gasteiger partial charge on any atom is -0.363 e. The Hall–Kier alpha value is -1.51. The van der Waals surface area contributed by atoms with Crippen LogP contribution in [-0.2, 0) is 26.0 Å². The zero-order chi connectivity index (χ0) is 17.1. The number of carbonyl (C=O) groups excluding carboxylic acids is 1. The molecule has 1 aliphatic heterocycles. The molecule has 1 N–H and O–H groups in total. The molecule has 1 aliphatic rings. The van der Waals surface area contributed by atoms with Gasteiger partial charge >= 0.3 is 0 Å². The van der Waals surface area contributed by atoms with Crippen molar-refractivity contribution in [1.82, 2.24) is 9.62 Å².